The van der Waals surface area contributed by atoms with Gasteiger partial charge in [0.2, 0.25) is 0 Å². The number of hydrogen-bond acceptors (Lipinski definition) is 2. The van der Waals surface area contributed by atoms with Crippen molar-refractivity contribution in [1.82, 2.24) is 4.98 Å². The van der Waals surface area contributed by atoms with Crippen molar-refractivity contribution >= 4 is 5.82 Å². The fourth-order valence-electron chi connectivity index (χ4n) is 1.69. The minimum atomic E-state index is -0.232. The number of anilines is 1. The Kier molecular flexibility index (Phi) is 2.86. The van der Waals surface area contributed by atoms with Gasteiger partial charge in [0.05, 0.1) is 0 Å². The van der Waals surface area contributed by atoms with Gasteiger partial charge in [0, 0.05) is 11.8 Å². The fourth-order valence-corrected chi connectivity index (χ4v) is 1.69. The molecule has 0 aliphatic carbocycles. The van der Waals surface area contributed by atoms with E-state index in [0.717, 1.165) is 23.1 Å². The van der Waals surface area contributed by atoms with Crippen molar-refractivity contribution in [3.63, 3.8) is 0 Å². The molecule has 0 bridgehead atoms. The van der Waals surface area contributed by atoms with Gasteiger partial charge in [-0.25, -0.2) is 9.37 Å². The molecule has 3 heteroatoms. The molecule has 1 aromatic carbocycles. The smallest absolute Gasteiger partial charge is 0.123 e. The van der Waals surface area contributed by atoms with E-state index in [0.29, 0.717) is 5.82 Å². The second-order valence-corrected chi connectivity index (χ2v) is 3.63. The first-order valence-electron chi connectivity index (χ1n) is 5.21. The van der Waals surface area contributed by atoms with Gasteiger partial charge in [0.1, 0.15) is 11.6 Å². The van der Waals surface area contributed by atoms with Crippen LogP contribution in [0.2, 0.25) is 0 Å². The minimum Gasteiger partial charge on any atom is -0.384 e. The number of hydrogen-bond donors (Lipinski definition) is 1. The SMILES string of the molecule is CCc1ccc(F)cc1-c1ccc(N)nc1. The van der Waals surface area contributed by atoms with E-state index in [-0.39, 0.29) is 5.82 Å². The van der Waals surface area contributed by atoms with Crippen LogP contribution >= 0.6 is 0 Å². The van der Waals surface area contributed by atoms with Crippen molar-refractivity contribution in [2.45, 2.75) is 13.3 Å². The molecule has 0 unspecified atom stereocenters. The number of nitrogens with zero attached hydrogens (tertiary/aromatic N) is 1. The summed E-state index contributed by atoms with van der Waals surface area (Å²) in [4.78, 5) is 4.02. The molecule has 0 fully saturated rings. The highest BCUT2D eigenvalue weighted by Crippen LogP contribution is 2.24. The first-order valence-corrected chi connectivity index (χ1v) is 5.21. The lowest BCUT2D eigenvalue weighted by atomic mass is 9.99. The van der Waals surface area contributed by atoms with Gasteiger partial charge < -0.3 is 5.73 Å². The lowest BCUT2D eigenvalue weighted by molar-refractivity contribution is 0.627. The highest BCUT2D eigenvalue weighted by molar-refractivity contribution is 5.67. The van der Waals surface area contributed by atoms with Gasteiger partial charge in [-0.2, -0.15) is 0 Å². The molecular weight excluding hydrogens is 203 g/mol. The highest BCUT2D eigenvalue weighted by Gasteiger charge is 2.05. The summed E-state index contributed by atoms with van der Waals surface area (Å²) in [5.41, 5.74) is 8.40. The van der Waals surface area contributed by atoms with Crippen LogP contribution in [-0.4, -0.2) is 4.98 Å². The number of aromatic nitrogens is 1. The van der Waals surface area contributed by atoms with Crippen molar-refractivity contribution in [1.29, 1.82) is 0 Å². The van der Waals surface area contributed by atoms with Crippen LogP contribution < -0.4 is 5.73 Å². The molecule has 0 amide bonds. The third-order valence-corrected chi connectivity index (χ3v) is 2.55. The van der Waals surface area contributed by atoms with E-state index in [1.807, 2.05) is 13.0 Å². The Bertz CT molecular complexity index is 492. The molecule has 2 aromatic rings. The van der Waals surface area contributed by atoms with Crippen molar-refractivity contribution < 1.29 is 4.39 Å². The number of rotatable bonds is 2. The fraction of sp³-hybridized carbons (Fsp3) is 0.154. The molecule has 82 valence electrons. The predicted octanol–water partition coefficient (Wildman–Crippen LogP) is 3.03. The summed E-state index contributed by atoms with van der Waals surface area (Å²) in [6.07, 6.45) is 2.53. The van der Waals surface area contributed by atoms with Crippen LogP contribution in [0.15, 0.2) is 36.5 Å². The molecule has 0 aliphatic rings. The number of aryl methyl sites for hydroxylation is 1. The third-order valence-electron chi connectivity index (χ3n) is 2.55. The van der Waals surface area contributed by atoms with Crippen LogP contribution in [0.5, 0.6) is 0 Å². The summed E-state index contributed by atoms with van der Waals surface area (Å²) >= 11 is 0. The van der Waals surface area contributed by atoms with Crippen LogP contribution in [0.1, 0.15) is 12.5 Å². The second-order valence-electron chi connectivity index (χ2n) is 3.63. The largest absolute Gasteiger partial charge is 0.384 e. The molecule has 16 heavy (non-hydrogen) atoms. The van der Waals surface area contributed by atoms with E-state index < -0.39 is 0 Å². The molecule has 2 rings (SSSR count). The van der Waals surface area contributed by atoms with Gasteiger partial charge in [-0.3, -0.25) is 0 Å². The van der Waals surface area contributed by atoms with Crippen LogP contribution in [0.25, 0.3) is 11.1 Å². The Morgan fingerprint density at radius 1 is 1.25 bits per heavy atom. The summed E-state index contributed by atoms with van der Waals surface area (Å²) < 4.78 is 13.2. The van der Waals surface area contributed by atoms with Gasteiger partial charge >= 0.3 is 0 Å². The summed E-state index contributed by atoms with van der Waals surface area (Å²) in [6.45, 7) is 2.04. The van der Waals surface area contributed by atoms with Crippen LogP contribution in [0.3, 0.4) is 0 Å². The Labute approximate surface area is 93.9 Å². The number of nitrogen functional groups attached to an aromatic ring is 1. The normalized spacial score (nSPS) is 10.4. The van der Waals surface area contributed by atoms with Crippen molar-refractivity contribution in [2.24, 2.45) is 0 Å². The average Bonchev–Trinajstić information content (AvgIpc) is 2.30. The van der Waals surface area contributed by atoms with Crippen LogP contribution in [-0.2, 0) is 6.42 Å². The first kappa shape index (κ1) is 10.6. The molecule has 0 spiro atoms. The maximum atomic E-state index is 13.2. The maximum absolute atomic E-state index is 13.2. The summed E-state index contributed by atoms with van der Waals surface area (Å²) in [5, 5.41) is 0. The van der Waals surface area contributed by atoms with E-state index in [2.05, 4.69) is 4.98 Å². The molecule has 0 radical (unpaired) electrons. The Balaban J connectivity index is 2.53. The summed E-state index contributed by atoms with van der Waals surface area (Å²) in [5.74, 6) is 0.238. The number of pyridine rings is 1. The summed E-state index contributed by atoms with van der Waals surface area (Å²) in [6, 6.07) is 8.40. The van der Waals surface area contributed by atoms with Gasteiger partial charge in [-0.1, -0.05) is 13.0 Å². The van der Waals surface area contributed by atoms with Crippen LogP contribution in [0, 0.1) is 5.82 Å². The topological polar surface area (TPSA) is 38.9 Å². The monoisotopic (exact) mass is 216 g/mol. The molecule has 2 N–H and O–H groups in total. The quantitative estimate of drug-likeness (QED) is 0.838. The van der Waals surface area contributed by atoms with E-state index >= 15 is 0 Å². The maximum Gasteiger partial charge on any atom is 0.123 e. The van der Waals surface area contributed by atoms with Gasteiger partial charge in [0.15, 0.2) is 0 Å². The zero-order valence-electron chi connectivity index (χ0n) is 9.07. The molecule has 0 saturated heterocycles. The van der Waals surface area contributed by atoms with E-state index in [1.54, 1.807) is 18.3 Å². The van der Waals surface area contributed by atoms with E-state index in [9.17, 15) is 4.39 Å². The first-order chi connectivity index (χ1) is 7.70. The number of halogens is 1. The zero-order valence-corrected chi connectivity index (χ0v) is 9.07. The van der Waals surface area contributed by atoms with Crippen LogP contribution in [0.4, 0.5) is 10.2 Å². The van der Waals surface area contributed by atoms with Crippen molar-refractivity contribution in [2.75, 3.05) is 5.73 Å². The van der Waals surface area contributed by atoms with E-state index in [4.69, 9.17) is 5.73 Å². The minimum absolute atomic E-state index is 0.232. The van der Waals surface area contributed by atoms with Gasteiger partial charge in [-0.05, 0) is 41.8 Å². The molecule has 1 heterocycles. The lowest BCUT2D eigenvalue weighted by Gasteiger charge is -2.08. The zero-order chi connectivity index (χ0) is 11.5. The van der Waals surface area contributed by atoms with Gasteiger partial charge in [-0.15, -0.1) is 0 Å². The lowest BCUT2D eigenvalue weighted by Crippen LogP contribution is -1.92. The molecule has 0 saturated carbocycles. The second kappa shape index (κ2) is 4.31. The molecule has 1 aromatic heterocycles. The molecule has 2 nitrogen and oxygen atoms in total. The Morgan fingerprint density at radius 3 is 2.69 bits per heavy atom. The highest BCUT2D eigenvalue weighted by atomic mass is 19.1. The Morgan fingerprint density at radius 2 is 2.06 bits per heavy atom. The molecule has 0 aliphatic heterocycles. The van der Waals surface area contributed by atoms with Crippen molar-refractivity contribution in [3.8, 4) is 11.1 Å². The molecule has 0 atom stereocenters. The molecular formula is C13H13FN2. The number of nitrogens with two attached hydrogens (primary N) is 1. The van der Waals surface area contributed by atoms with E-state index in [1.165, 1.54) is 12.1 Å². The standard InChI is InChI=1S/C13H13FN2/c1-2-9-3-5-11(14)7-12(9)10-4-6-13(15)16-8-10/h3-8H,2H2,1H3,(H2,15,16). The number of benzene rings is 1. The Hall–Kier alpha value is -1.90. The predicted molar refractivity (Wildman–Crippen MR) is 63.4 cm³/mol. The van der Waals surface area contributed by atoms with Gasteiger partial charge in [0.25, 0.3) is 0 Å². The third kappa shape index (κ3) is 2.03. The average molecular weight is 216 g/mol. The summed E-state index contributed by atoms with van der Waals surface area (Å²) in [7, 11) is 0. The van der Waals surface area contributed by atoms with Crippen molar-refractivity contribution in [3.05, 3.63) is 47.9 Å².